The van der Waals surface area contributed by atoms with Gasteiger partial charge in [0, 0.05) is 77.5 Å². The molecule has 6 heterocycles. The number of amides is 13. The van der Waals surface area contributed by atoms with E-state index < -0.39 is 217 Å². The van der Waals surface area contributed by atoms with Crippen LogP contribution in [-0.4, -0.2) is 265 Å². The number of unbranched alkanes of at least 4 members (excludes halogenated alkanes) is 1. The number of nitrogens with one attached hydrogen (secondary N) is 13. The topological polar surface area (TPSA) is 609 Å². The predicted octanol–water partition coefficient (Wildman–Crippen LogP) is -2.45. The van der Waals surface area contributed by atoms with E-state index in [-0.39, 0.29) is 88.0 Å². The van der Waals surface area contributed by atoms with E-state index >= 15 is 9.59 Å². The third-order valence-corrected chi connectivity index (χ3v) is 24.4. The Hall–Kier alpha value is -12.6. The number of likely N-dealkylation sites (N-methyl/N-ethyl adjacent to an activating group) is 1. The first-order chi connectivity index (χ1) is 61.3. The third kappa shape index (κ3) is 24.8. The molecule has 3 aromatic heterocycles. The molecule has 3 aliphatic heterocycles. The highest BCUT2D eigenvalue weighted by Crippen LogP contribution is 2.42. The zero-order valence-electron chi connectivity index (χ0n) is 71.0. The average Bonchev–Trinajstić information content (AvgIpc) is 1.48. The van der Waals surface area contributed by atoms with Gasteiger partial charge in [0.15, 0.2) is 0 Å². The van der Waals surface area contributed by atoms with Gasteiger partial charge < -0.3 is 120 Å². The molecule has 10 rings (SSSR count). The van der Waals surface area contributed by atoms with Crippen molar-refractivity contribution in [2.24, 2.45) is 11.5 Å². The van der Waals surface area contributed by atoms with Crippen molar-refractivity contribution in [1.82, 2.24) is 83.2 Å². The number of rotatable bonds is 35. The van der Waals surface area contributed by atoms with E-state index in [2.05, 4.69) is 68.8 Å². The molecule has 40 nitrogen and oxygen atoms in total. The number of nitrogens with zero attached hydrogens (tertiary/aromatic N) is 3. The molecule has 0 saturated carbocycles. The van der Waals surface area contributed by atoms with E-state index in [4.69, 9.17) is 25.9 Å². The van der Waals surface area contributed by atoms with Crippen LogP contribution in [0.3, 0.4) is 0 Å². The van der Waals surface area contributed by atoms with E-state index in [1.54, 1.807) is 87.8 Å². The summed E-state index contributed by atoms with van der Waals surface area (Å²) in [6, 6.07) is 12.6. The molecule has 686 valence electrons. The van der Waals surface area contributed by atoms with Crippen molar-refractivity contribution in [2.75, 3.05) is 57.9 Å². The number of para-hydroxylation sites is 2. The van der Waals surface area contributed by atoms with E-state index in [0.717, 1.165) is 51.3 Å². The second-order valence-electron chi connectivity index (χ2n) is 31.2. The van der Waals surface area contributed by atoms with Gasteiger partial charge in [-0.25, -0.2) is 14.6 Å². The smallest absolute Gasteiger partial charge is 0.411 e. The van der Waals surface area contributed by atoms with E-state index in [0.29, 0.717) is 50.9 Å². The molecule has 0 bridgehead atoms. The van der Waals surface area contributed by atoms with Crippen molar-refractivity contribution in [3.63, 3.8) is 0 Å². The van der Waals surface area contributed by atoms with Crippen molar-refractivity contribution in [3.05, 3.63) is 165 Å². The van der Waals surface area contributed by atoms with Crippen molar-refractivity contribution < 1.29 is 102 Å². The quantitative estimate of drug-likeness (QED) is 0.0145. The van der Waals surface area contributed by atoms with Crippen LogP contribution >= 0.6 is 21.6 Å². The van der Waals surface area contributed by atoms with Gasteiger partial charge >= 0.3 is 12.1 Å². The SMILES string of the molecule is CCCC[C@H](NC(=O)[C@@H](CO)NC(=O)CN(CCNC)C(=O)O[C@]1(CC)C(=O)OCc2c1cc1n(c2=O)Cc2cc3ccccc3nc2-1)C(=O)N[C@H](Cc1ccc(O)cc1)C(=O)N[C@H](CO)C(=O)N[C@@H]1CSSC[C@H](C(=O)N[C@H](C(N)=O)[C@@H](C)O)NC(=O)[C@H]([C@@H](C)O)NC(=O)[C@H](CCCN)NC(=O)[C@@H](Cc2c[nH]c3ccccc23)NC(=O)[C@H](Cc2ccccc2)NC1=O. The number of aromatic nitrogens is 3. The van der Waals surface area contributed by atoms with Gasteiger partial charge in [0.1, 0.15) is 85.4 Å². The summed E-state index contributed by atoms with van der Waals surface area (Å²) in [6.07, 6.45) is -3.57. The van der Waals surface area contributed by atoms with Crippen LogP contribution in [0.5, 0.6) is 5.75 Å². The number of nitrogens with two attached hydrogens (primary N) is 2. The molecule has 42 heteroatoms. The molecule has 0 aliphatic carbocycles. The molecule has 22 N–H and O–H groups in total. The second kappa shape index (κ2) is 45.7. The van der Waals surface area contributed by atoms with Crippen LogP contribution in [0, 0.1) is 0 Å². The van der Waals surface area contributed by atoms with E-state index in [1.165, 1.54) is 28.8 Å². The number of aliphatic hydroxyl groups excluding tert-OH is 4. The molecule has 3 aliphatic rings. The van der Waals surface area contributed by atoms with Crippen LogP contribution in [-0.2, 0) is 110 Å². The van der Waals surface area contributed by atoms with Crippen LogP contribution in [0.2, 0.25) is 0 Å². The lowest BCUT2D eigenvalue weighted by Gasteiger charge is -2.37. The maximum atomic E-state index is 15.3. The number of hydrogen-bond donors (Lipinski definition) is 20. The summed E-state index contributed by atoms with van der Waals surface area (Å²) in [5.41, 5.74) is 13.0. The molecule has 1 saturated heterocycles. The molecular weight excluding hydrogens is 1700 g/mol. The lowest BCUT2D eigenvalue weighted by atomic mass is 9.85. The standard InChI is InChI=1S/C86H108N18O22S2/c1-6-8-21-58(94-78(117)63(40-105)91-68(110)39-103(31-30-89-5)85(124)126-86(7-2)55-36-67-71-51(34-49-19-12-14-22-56(49)92-71)38-104(67)83(122)54(55)42-125-84(86)123)73(112)95-61(33-48-25-27-52(109)28-26-48)76(115)98-64(41-106)79(118)99-65-43-127-128-44-66(81(120)101-69(45(3)107)72(88)111)100-82(121)70(46(4)108)102-74(113)59(24-16-29-87)93-77(116)62(35-50-37-90-57-23-15-13-20-53(50)57)97-75(114)60(96-80(65)119)32-47-17-10-9-11-18-47/h9-15,17-20,22-23,25-28,34,36-37,45-46,58-66,69-70,89-90,105-109H,6-8,16,21,24,29-33,35,38-44,87H2,1-5H3,(H2,88,111)(H,91,110)(H,93,116)(H,94,117)(H,95,112)(H,96,119)(H,97,114)(H,98,115)(H,99,118)(H,100,121)(H,101,120)(H,102,113)/t45-,46-,58+,59+,60+,61-,62-,63-,64-,65-,66-,69+,70+,86+/m1/s1. The number of fused-ring (bicyclic) bond motifs is 6. The molecule has 4 aromatic carbocycles. The Kier molecular flexibility index (Phi) is 34.9. The molecule has 0 unspecified atom stereocenters. The molecule has 0 radical (unpaired) electrons. The molecule has 0 spiro atoms. The fourth-order valence-corrected chi connectivity index (χ4v) is 17.1. The summed E-state index contributed by atoms with van der Waals surface area (Å²) in [5, 5.41) is 85.8. The van der Waals surface area contributed by atoms with Gasteiger partial charge in [0.05, 0.1) is 54.4 Å². The number of cyclic esters (lactones) is 1. The van der Waals surface area contributed by atoms with Gasteiger partial charge in [0.2, 0.25) is 76.5 Å². The van der Waals surface area contributed by atoms with Crippen LogP contribution in [0.4, 0.5) is 4.79 Å². The average molecular weight is 1810 g/mol. The second-order valence-corrected chi connectivity index (χ2v) is 33.8. The normalized spacial score (nSPS) is 20.3. The summed E-state index contributed by atoms with van der Waals surface area (Å²) in [4.78, 5) is 226. The Morgan fingerprint density at radius 1 is 0.695 bits per heavy atom. The van der Waals surface area contributed by atoms with Gasteiger partial charge in [0.25, 0.3) is 5.56 Å². The molecule has 7 aromatic rings. The first-order valence-corrected chi connectivity index (χ1v) is 44.3. The number of H-pyrrole nitrogens is 1. The first kappa shape index (κ1) is 97.6. The number of ether oxygens (including phenoxy) is 2. The van der Waals surface area contributed by atoms with Crippen LogP contribution in [0.1, 0.15) is 99.6 Å². The van der Waals surface area contributed by atoms with E-state index in [1.807, 2.05) is 30.3 Å². The number of phenolic OH excluding ortho intramolecular Hbond substituents is 1. The summed E-state index contributed by atoms with van der Waals surface area (Å²) < 4.78 is 13.2. The number of carbonyl (C=O) groups is 14. The minimum atomic E-state index is -2.21. The molecular formula is C86H108N18O22S2. The Bertz CT molecular complexity index is 5280. The number of aromatic hydroxyl groups is 1. The largest absolute Gasteiger partial charge is 0.508 e. The number of aliphatic hydroxyl groups is 4. The Morgan fingerprint density at radius 2 is 1.33 bits per heavy atom. The lowest BCUT2D eigenvalue weighted by molar-refractivity contribution is -0.173. The predicted molar refractivity (Wildman–Crippen MR) is 469 cm³/mol. The van der Waals surface area contributed by atoms with Gasteiger partial charge in [-0.2, -0.15) is 0 Å². The Balaban J connectivity index is 0.893. The first-order valence-electron chi connectivity index (χ1n) is 41.8. The molecule has 13 amide bonds. The zero-order valence-corrected chi connectivity index (χ0v) is 72.6. The highest BCUT2D eigenvalue weighted by atomic mass is 33.1. The van der Waals surface area contributed by atoms with Gasteiger partial charge in [-0.05, 0) is 106 Å². The minimum Gasteiger partial charge on any atom is -0.508 e. The summed E-state index contributed by atoms with van der Waals surface area (Å²) in [5.74, 6) is -15.3. The Labute approximate surface area is 742 Å². The number of pyridine rings is 2. The highest BCUT2D eigenvalue weighted by molar-refractivity contribution is 8.76. The summed E-state index contributed by atoms with van der Waals surface area (Å²) >= 11 is 0. The number of benzene rings is 4. The van der Waals surface area contributed by atoms with Crippen LogP contribution in [0.15, 0.2) is 126 Å². The number of hydrogen-bond acceptors (Lipinski definition) is 27. The number of phenols is 1. The molecule has 128 heavy (non-hydrogen) atoms. The van der Waals surface area contributed by atoms with Gasteiger partial charge in [-0.15, -0.1) is 0 Å². The summed E-state index contributed by atoms with van der Waals surface area (Å²) in [6.45, 7) is 2.00. The summed E-state index contributed by atoms with van der Waals surface area (Å²) in [7, 11) is 3.11. The fourth-order valence-electron chi connectivity index (χ4n) is 14.8. The lowest BCUT2D eigenvalue weighted by Crippen LogP contribution is -2.63. The number of primary amides is 1. The zero-order chi connectivity index (χ0) is 92.6. The van der Waals surface area contributed by atoms with E-state index in [9.17, 15) is 87.9 Å². The van der Waals surface area contributed by atoms with Crippen molar-refractivity contribution in [3.8, 4) is 17.1 Å². The van der Waals surface area contributed by atoms with Crippen LogP contribution < -0.4 is 80.8 Å². The maximum Gasteiger partial charge on any atom is 0.411 e. The Morgan fingerprint density at radius 3 is 2.01 bits per heavy atom. The van der Waals surface area contributed by atoms with Gasteiger partial charge in [-0.1, -0.05) is 127 Å². The van der Waals surface area contributed by atoms with Crippen molar-refractivity contribution in [1.29, 1.82) is 0 Å². The van der Waals surface area contributed by atoms with Crippen molar-refractivity contribution in [2.45, 2.75) is 183 Å². The minimum absolute atomic E-state index is 0.00439. The van der Waals surface area contributed by atoms with Crippen LogP contribution in [0.25, 0.3) is 33.2 Å². The number of carbonyl (C=O) groups excluding carboxylic acids is 14. The fraction of sp³-hybridized carbons (Fsp3) is 0.442. The number of aromatic amines is 1. The maximum absolute atomic E-state index is 15.3. The highest BCUT2D eigenvalue weighted by Gasteiger charge is 2.52. The third-order valence-electron chi connectivity index (χ3n) is 22.0. The molecule has 14 atom stereocenters. The molecule has 1 fully saturated rings. The monoisotopic (exact) mass is 1810 g/mol. The number of esters is 1. The van der Waals surface area contributed by atoms with Crippen molar-refractivity contribution >= 4 is 126 Å². The van der Waals surface area contributed by atoms with Gasteiger partial charge in [-0.3, -0.25) is 67.2 Å².